The smallest absolute Gasteiger partial charge is 0.287 e. The number of benzene rings is 1. The molecule has 0 fully saturated rings. The summed E-state index contributed by atoms with van der Waals surface area (Å²) in [7, 11) is 1.65. The molecule has 0 radical (unpaired) electrons. The first-order valence-corrected chi connectivity index (χ1v) is 6.64. The number of carbonyl (C=O) groups excluding carboxylic acids is 1. The van der Waals surface area contributed by atoms with Crippen LogP contribution in [0, 0.1) is 6.92 Å². The molecule has 1 amide bonds. The van der Waals surface area contributed by atoms with Crippen molar-refractivity contribution in [1.82, 2.24) is 5.32 Å². The first-order chi connectivity index (χ1) is 9.65. The van der Waals surface area contributed by atoms with Gasteiger partial charge >= 0.3 is 0 Å². The Kier molecular flexibility index (Phi) is 4.45. The molecule has 106 valence electrons. The minimum Gasteiger partial charge on any atom is -0.496 e. The molecule has 1 atom stereocenters. The van der Waals surface area contributed by atoms with Crippen LogP contribution in [0.1, 0.15) is 41.1 Å². The molecule has 0 aliphatic heterocycles. The van der Waals surface area contributed by atoms with Crippen molar-refractivity contribution >= 4 is 5.91 Å². The Morgan fingerprint density at radius 3 is 2.75 bits per heavy atom. The molecule has 20 heavy (non-hydrogen) atoms. The largest absolute Gasteiger partial charge is 0.496 e. The predicted octanol–water partition coefficient (Wildman–Crippen LogP) is 3.48. The van der Waals surface area contributed by atoms with Crippen LogP contribution >= 0.6 is 0 Å². The zero-order valence-electron chi connectivity index (χ0n) is 12.0. The molecule has 1 aromatic carbocycles. The number of ether oxygens (including phenoxy) is 1. The number of hydrogen-bond acceptors (Lipinski definition) is 3. The summed E-state index contributed by atoms with van der Waals surface area (Å²) in [6.07, 6.45) is 2.30. The van der Waals surface area contributed by atoms with Gasteiger partial charge in [0.25, 0.3) is 5.91 Å². The fourth-order valence-corrected chi connectivity index (χ4v) is 2.18. The first-order valence-electron chi connectivity index (χ1n) is 6.64. The molecule has 0 saturated carbocycles. The molecule has 2 rings (SSSR count). The van der Waals surface area contributed by atoms with Gasteiger partial charge in [-0.25, -0.2) is 0 Å². The number of hydrogen-bond donors (Lipinski definition) is 1. The maximum atomic E-state index is 12.0. The Hall–Kier alpha value is -2.23. The van der Waals surface area contributed by atoms with Gasteiger partial charge in [-0.2, -0.15) is 0 Å². The van der Waals surface area contributed by atoms with Gasteiger partial charge in [0.2, 0.25) is 0 Å². The molecular formula is C16H19NO3. The van der Waals surface area contributed by atoms with Gasteiger partial charge in [-0.3, -0.25) is 4.79 Å². The van der Waals surface area contributed by atoms with Crippen molar-refractivity contribution in [2.45, 2.75) is 26.3 Å². The number of amides is 1. The Labute approximate surface area is 118 Å². The lowest BCUT2D eigenvalue weighted by Crippen LogP contribution is -2.27. The van der Waals surface area contributed by atoms with E-state index >= 15 is 0 Å². The van der Waals surface area contributed by atoms with Crippen LogP contribution in [0.15, 0.2) is 41.0 Å². The van der Waals surface area contributed by atoms with Crippen LogP contribution in [0.4, 0.5) is 0 Å². The van der Waals surface area contributed by atoms with E-state index in [1.54, 1.807) is 19.2 Å². The third kappa shape index (κ3) is 3.02. The molecule has 0 saturated heterocycles. The summed E-state index contributed by atoms with van der Waals surface area (Å²) in [5.74, 6) is 0.977. The summed E-state index contributed by atoms with van der Waals surface area (Å²) in [6.45, 7) is 4.02. The third-order valence-corrected chi connectivity index (χ3v) is 3.28. The highest BCUT2D eigenvalue weighted by atomic mass is 16.5. The Morgan fingerprint density at radius 1 is 1.40 bits per heavy atom. The SMILES string of the molecule is CC[C@H](NC(=O)c1ccco1)c1ccc(OC)c(C)c1. The van der Waals surface area contributed by atoms with Crippen LogP contribution in [-0.4, -0.2) is 13.0 Å². The van der Waals surface area contributed by atoms with E-state index < -0.39 is 0 Å². The first kappa shape index (κ1) is 14.2. The van der Waals surface area contributed by atoms with E-state index in [-0.39, 0.29) is 11.9 Å². The third-order valence-electron chi connectivity index (χ3n) is 3.28. The Bertz CT molecular complexity index is 575. The van der Waals surface area contributed by atoms with Gasteiger partial charge in [-0.1, -0.05) is 19.1 Å². The maximum Gasteiger partial charge on any atom is 0.287 e. The van der Waals surface area contributed by atoms with Gasteiger partial charge in [-0.05, 0) is 42.7 Å². The topological polar surface area (TPSA) is 51.5 Å². The predicted molar refractivity (Wildman–Crippen MR) is 76.9 cm³/mol. The second-order valence-electron chi connectivity index (χ2n) is 4.64. The fourth-order valence-electron chi connectivity index (χ4n) is 2.18. The summed E-state index contributed by atoms with van der Waals surface area (Å²) < 4.78 is 10.4. The van der Waals surface area contributed by atoms with E-state index in [0.29, 0.717) is 5.76 Å². The molecule has 0 bridgehead atoms. The van der Waals surface area contributed by atoms with Gasteiger partial charge in [-0.15, -0.1) is 0 Å². The van der Waals surface area contributed by atoms with Gasteiger partial charge in [0.1, 0.15) is 5.75 Å². The van der Waals surface area contributed by atoms with Crippen LogP contribution in [0.5, 0.6) is 5.75 Å². The lowest BCUT2D eigenvalue weighted by Gasteiger charge is -2.18. The fraction of sp³-hybridized carbons (Fsp3) is 0.312. The molecule has 4 heteroatoms. The normalized spacial score (nSPS) is 11.9. The highest BCUT2D eigenvalue weighted by Gasteiger charge is 2.16. The van der Waals surface area contributed by atoms with Gasteiger partial charge in [0.05, 0.1) is 19.4 Å². The monoisotopic (exact) mass is 273 g/mol. The van der Waals surface area contributed by atoms with E-state index in [1.807, 2.05) is 32.0 Å². The number of rotatable bonds is 5. The molecule has 0 unspecified atom stereocenters. The molecule has 1 heterocycles. The summed E-state index contributed by atoms with van der Waals surface area (Å²) in [5.41, 5.74) is 2.11. The highest BCUT2D eigenvalue weighted by Crippen LogP contribution is 2.24. The van der Waals surface area contributed by atoms with Crippen LogP contribution in [-0.2, 0) is 0 Å². The molecule has 0 aliphatic rings. The number of carbonyl (C=O) groups is 1. The van der Waals surface area contributed by atoms with Crippen LogP contribution in [0.2, 0.25) is 0 Å². The summed E-state index contributed by atoms with van der Waals surface area (Å²) in [5, 5.41) is 2.98. The van der Waals surface area contributed by atoms with Crippen LogP contribution in [0.3, 0.4) is 0 Å². The van der Waals surface area contributed by atoms with E-state index in [4.69, 9.17) is 9.15 Å². The molecule has 0 spiro atoms. The van der Waals surface area contributed by atoms with Crippen molar-refractivity contribution in [2.24, 2.45) is 0 Å². The van der Waals surface area contributed by atoms with Crippen molar-refractivity contribution in [1.29, 1.82) is 0 Å². The average molecular weight is 273 g/mol. The lowest BCUT2D eigenvalue weighted by molar-refractivity contribution is 0.0907. The molecule has 4 nitrogen and oxygen atoms in total. The standard InChI is InChI=1S/C16H19NO3/c1-4-13(17-16(18)15-6-5-9-20-15)12-7-8-14(19-3)11(2)10-12/h5-10,13H,4H2,1-3H3,(H,17,18)/t13-/m0/s1. The van der Waals surface area contributed by atoms with Gasteiger partial charge in [0, 0.05) is 0 Å². The summed E-state index contributed by atoms with van der Waals surface area (Å²) in [4.78, 5) is 12.0. The van der Waals surface area contributed by atoms with Crippen LogP contribution in [0.25, 0.3) is 0 Å². The highest BCUT2D eigenvalue weighted by molar-refractivity contribution is 5.91. The van der Waals surface area contributed by atoms with E-state index in [2.05, 4.69) is 5.32 Å². The lowest BCUT2D eigenvalue weighted by atomic mass is 10.0. The van der Waals surface area contributed by atoms with E-state index in [0.717, 1.165) is 23.3 Å². The number of aryl methyl sites for hydroxylation is 1. The van der Waals surface area contributed by atoms with Crippen molar-refractivity contribution in [3.8, 4) is 5.75 Å². The minimum atomic E-state index is -0.199. The zero-order chi connectivity index (χ0) is 14.5. The second-order valence-corrected chi connectivity index (χ2v) is 4.64. The molecular weight excluding hydrogens is 254 g/mol. The molecule has 2 aromatic rings. The quantitative estimate of drug-likeness (QED) is 0.907. The Morgan fingerprint density at radius 2 is 2.20 bits per heavy atom. The number of methoxy groups -OCH3 is 1. The zero-order valence-corrected chi connectivity index (χ0v) is 12.0. The van der Waals surface area contributed by atoms with Gasteiger partial charge < -0.3 is 14.5 Å². The van der Waals surface area contributed by atoms with E-state index in [1.165, 1.54) is 6.26 Å². The van der Waals surface area contributed by atoms with E-state index in [9.17, 15) is 4.79 Å². The average Bonchev–Trinajstić information content (AvgIpc) is 2.98. The van der Waals surface area contributed by atoms with Crippen molar-refractivity contribution in [3.63, 3.8) is 0 Å². The summed E-state index contributed by atoms with van der Waals surface area (Å²) >= 11 is 0. The van der Waals surface area contributed by atoms with Crippen LogP contribution < -0.4 is 10.1 Å². The molecule has 1 N–H and O–H groups in total. The number of furan rings is 1. The molecule has 0 aliphatic carbocycles. The van der Waals surface area contributed by atoms with Crippen molar-refractivity contribution in [3.05, 3.63) is 53.5 Å². The van der Waals surface area contributed by atoms with Crippen molar-refractivity contribution < 1.29 is 13.9 Å². The van der Waals surface area contributed by atoms with Gasteiger partial charge in [0.15, 0.2) is 5.76 Å². The number of nitrogens with one attached hydrogen (secondary N) is 1. The summed E-state index contributed by atoms with van der Waals surface area (Å²) in [6, 6.07) is 9.25. The second kappa shape index (κ2) is 6.28. The molecule has 1 aromatic heterocycles. The maximum absolute atomic E-state index is 12.0. The van der Waals surface area contributed by atoms with Crippen molar-refractivity contribution in [2.75, 3.05) is 7.11 Å². The minimum absolute atomic E-state index is 0.0443. The Balaban J connectivity index is 2.16.